The third-order valence-corrected chi connectivity index (χ3v) is 6.96. The number of rotatable bonds is 5. The molecule has 0 bridgehead atoms. The van der Waals surface area contributed by atoms with Gasteiger partial charge in [-0.2, -0.15) is 0 Å². The van der Waals surface area contributed by atoms with Gasteiger partial charge < -0.3 is 14.5 Å². The van der Waals surface area contributed by atoms with E-state index in [2.05, 4.69) is 19.2 Å². The van der Waals surface area contributed by atoms with E-state index in [0.29, 0.717) is 46.2 Å². The van der Waals surface area contributed by atoms with Crippen LogP contribution in [0.3, 0.4) is 0 Å². The Morgan fingerprint density at radius 3 is 2.50 bits per heavy atom. The fourth-order valence-electron chi connectivity index (χ4n) is 5.07. The molecule has 2 aromatic carbocycles. The Morgan fingerprint density at radius 1 is 1.06 bits per heavy atom. The zero-order valence-electron chi connectivity index (χ0n) is 20.6. The van der Waals surface area contributed by atoms with Crippen molar-refractivity contribution in [1.29, 1.82) is 0 Å². The highest BCUT2D eigenvalue weighted by Crippen LogP contribution is 2.47. The van der Waals surface area contributed by atoms with Gasteiger partial charge in [0.15, 0.2) is 5.78 Å². The first-order valence-electron chi connectivity index (χ1n) is 12.0. The predicted octanol–water partition coefficient (Wildman–Crippen LogP) is 6.95. The number of hydrogen-bond donors (Lipinski definition) is 1. The SMILES string of the molecule is CC1=C(C(=O)OCc2ccccc2)C(c2ccc(-c3ccc(Cl)cc3)o2)C2=C(CC(C)(C)CC2=O)N1. The summed E-state index contributed by atoms with van der Waals surface area (Å²) in [7, 11) is 0. The van der Waals surface area contributed by atoms with Gasteiger partial charge in [0.05, 0.1) is 11.5 Å². The molecule has 1 unspecified atom stereocenters. The highest BCUT2D eigenvalue weighted by molar-refractivity contribution is 6.30. The van der Waals surface area contributed by atoms with Crippen molar-refractivity contribution in [2.75, 3.05) is 0 Å². The summed E-state index contributed by atoms with van der Waals surface area (Å²) < 4.78 is 12.0. The number of esters is 1. The molecular weight excluding hydrogens is 474 g/mol. The Balaban J connectivity index is 1.54. The average molecular weight is 502 g/mol. The van der Waals surface area contributed by atoms with Crippen LogP contribution < -0.4 is 5.32 Å². The Morgan fingerprint density at radius 2 is 1.78 bits per heavy atom. The summed E-state index contributed by atoms with van der Waals surface area (Å²) in [6.45, 7) is 6.16. The molecule has 1 N–H and O–H groups in total. The lowest BCUT2D eigenvalue weighted by Crippen LogP contribution is -2.38. The van der Waals surface area contributed by atoms with Crippen LogP contribution in [0.4, 0.5) is 0 Å². The van der Waals surface area contributed by atoms with Gasteiger partial charge in [-0.15, -0.1) is 0 Å². The van der Waals surface area contributed by atoms with Crippen molar-refractivity contribution in [3.05, 3.63) is 106 Å². The first-order chi connectivity index (χ1) is 17.2. The smallest absolute Gasteiger partial charge is 0.337 e. The molecule has 0 amide bonds. The zero-order chi connectivity index (χ0) is 25.4. The summed E-state index contributed by atoms with van der Waals surface area (Å²) in [5.41, 5.74) is 4.09. The van der Waals surface area contributed by atoms with E-state index in [4.69, 9.17) is 20.8 Å². The van der Waals surface area contributed by atoms with Gasteiger partial charge in [-0.1, -0.05) is 55.8 Å². The summed E-state index contributed by atoms with van der Waals surface area (Å²) >= 11 is 6.05. The Kier molecular flexibility index (Phi) is 6.35. The number of nitrogens with one attached hydrogen (secondary N) is 1. The Bertz CT molecular complexity index is 1380. The highest BCUT2D eigenvalue weighted by Gasteiger charge is 2.44. The molecule has 0 fully saturated rings. The van der Waals surface area contributed by atoms with Crippen molar-refractivity contribution < 1.29 is 18.7 Å². The molecule has 1 aromatic heterocycles. The van der Waals surface area contributed by atoms with Gasteiger partial charge in [0.25, 0.3) is 0 Å². The number of carbonyl (C=O) groups is 2. The average Bonchev–Trinajstić information content (AvgIpc) is 3.32. The lowest BCUT2D eigenvalue weighted by molar-refractivity contribution is -0.140. The molecule has 2 heterocycles. The minimum Gasteiger partial charge on any atom is -0.460 e. The number of allylic oxidation sites excluding steroid dienone is 3. The normalized spacial score (nSPS) is 19.1. The van der Waals surface area contributed by atoms with E-state index in [-0.39, 0.29) is 17.8 Å². The predicted molar refractivity (Wildman–Crippen MR) is 139 cm³/mol. The molecule has 5 nitrogen and oxygen atoms in total. The van der Waals surface area contributed by atoms with Gasteiger partial charge in [0.1, 0.15) is 18.1 Å². The molecule has 1 aliphatic carbocycles. The lowest BCUT2D eigenvalue weighted by atomic mass is 9.69. The molecule has 0 saturated heterocycles. The molecule has 2 aliphatic rings. The van der Waals surface area contributed by atoms with Crippen molar-refractivity contribution in [3.63, 3.8) is 0 Å². The van der Waals surface area contributed by atoms with Crippen LogP contribution >= 0.6 is 11.6 Å². The number of benzene rings is 2. The number of dihydropyridines is 1. The molecule has 1 aliphatic heterocycles. The molecule has 5 rings (SSSR count). The maximum atomic E-state index is 13.5. The number of ketones is 1. The largest absolute Gasteiger partial charge is 0.460 e. The third kappa shape index (κ3) is 4.76. The van der Waals surface area contributed by atoms with Crippen molar-refractivity contribution in [2.24, 2.45) is 5.41 Å². The van der Waals surface area contributed by atoms with Crippen molar-refractivity contribution >= 4 is 23.4 Å². The first kappa shape index (κ1) is 24.1. The van der Waals surface area contributed by atoms with Crippen LogP contribution in [-0.2, 0) is 20.9 Å². The van der Waals surface area contributed by atoms with Crippen LogP contribution in [0.15, 0.2) is 93.7 Å². The van der Waals surface area contributed by atoms with E-state index in [1.807, 2.05) is 61.5 Å². The van der Waals surface area contributed by atoms with Crippen LogP contribution in [0.1, 0.15) is 50.9 Å². The number of halogens is 1. The van der Waals surface area contributed by atoms with Crippen LogP contribution in [0.25, 0.3) is 11.3 Å². The van der Waals surface area contributed by atoms with Gasteiger partial charge in [-0.25, -0.2) is 4.79 Å². The zero-order valence-corrected chi connectivity index (χ0v) is 21.3. The van der Waals surface area contributed by atoms with E-state index in [0.717, 1.165) is 16.8 Å². The quantitative estimate of drug-likeness (QED) is 0.383. The second-order valence-electron chi connectivity index (χ2n) is 10.2. The third-order valence-electron chi connectivity index (χ3n) is 6.71. The number of ether oxygens (including phenoxy) is 1. The van der Waals surface area contributed by atoms with Crippen LogP contribution in [0.2, 0.25) is 5.02 Å². The summed E-state index contributed by atoms with van der Waals surface area (Å²) in [5, 5.41) is 3.99. The summed E-state index contributed by atoms with van der Waals surface area (Å²) in [5.74, 6) is 0.0781. The van der Waals surface area contributed by atoms with Crippen LogP contribution in [0.5, 0.6) is 0 Å². The van der Waals surface area contributed by atoms with Crippen molar-refractivity contribution in [1.82, 2.24) is 5.32 Å². The fourth-order valence-corrected chi connectivity index (χ4v) is 5.20. The lowest BCUT2D eigenvalue weighted by Gasteiger charge is -2.38. The molecule has 36 heavy (non-hydrogen) atoms. The van der Waals surface area contributed by atoms with Gasteiger partial charge in [-0.05, 0) is 60.7 Å². The second-order valence-corrected chi connectivity index (χ2v) is 10.6. The van der Waals surface area contributed by atoms with Crippen molar-refractivity contribution in [3.8, 4) is 11.3 Å². The van der Waals surface area contributed by atoms with Gasteiger partial charge in [-0.3, -0.25) is 4.79 Å². The minimum atomic E-state index is -0.644. The molecular formula is C30H28ClNO4. The summed E-state index contributed by atoms with van der Waals surface area (Å²) in [4.78, 5) is 26.9. The number of Topliss-reactive ketones (excluding diaryl/α,β-unsaturated/α-hetero) is 1. The van der Waals surface area contributed by atoms with E-state index in [1.54, 1.807) is 12.1 Å². The molecule has 1 atom stereocenters. The number of carbonyl (C=O) groups excluding carboxylic acids is 2. The molecule has 6 heteroatoms. The minimum absolute atomic E-state index is 0.0176. The van der Waals surface area contributed by atoms with E-state index in [9.17, 15) is 9.59 Å². The maximum absolute atomic E-state index is 13.5. The highest BCUT2D eigenvalue weighted by atomic mass is 35.5. The summed E-state index contributed by atoms with van der Waals surface area (Å²) in [6.07, 6.45) is 1.11. The molecule has 184 valence electrons. The van der Waals surface area contributed by atoms with E-state index in [1.165, 1.54) is 0 Å². The van der Waals surface area contributed by atoms with E-state index >= 15 is 0 Å². The number of hydrogen-bond acceptors (Lipinski definition) is 5. The Hall–Kier alpha value is -3.57. The monoisotopic (exact) mass is 501 g/mol. The topological polar surface area (TPSA) is 68.5 Å². The second kappa shape index (κ2) is 9.47. The summed E-state index contributed by atoms with van der Waals surface area (Å²) in [6, 6.07) is 20.6. The van der Waals surface area contributed by atoms with Crippen molar-refractivity contribution in [2.45, 2.75) is 46.1 Å². The van der Waals surface area contributed by atoms with E-state index < -0.39 is 11.9 Å². The van der Waals surface area contributed by atoms with Gasteiger partial charge >= 0.3 is 5.97 Å². The number of furan rings is 1. The molecule has 0 saturated carbocycles. The fraction of sp³-hybridized carbons (Fsp3) is 0.267. The van der Waals surface area contributed by atoms with Gasteiger partial charge in [0, 0.05) is 34.0 Å². The molecule has 0 spiro atoms. The van der Waals surface area contributed by atoms with Crippen LogP contribution in [-0.4, -0.2) is 11.8 Å². The first-order valence-corrected chi connectivity index (χ1v) is 12.4. The standard InChI is InChI=1S/C30H28ClNO4/c1-18-26(29(34)35-17-19-7-5-4-6-8-19)28(27-22(32-18)15-30(2,3)16-23(27)33)25-14-13-24(36-25)20-9-11-21(31)12-10-20/h4-14,28,32H,15-17H2,1-3H3. The maximum Gasteiger partial charge on any atom is 0.337 e. The van der Waals surface area contributed by atoms with Gasteiger partial charge in [0.2, 0.25) is 0 Å². The Labute approximate surface area is 215 Å². The molecule has 3 aromatic rings. The molecule has 0 radical (unpaired) electrons. The van der Waals surface area contributed by atoms with Crippen LogP contribution in [0, 0.1) is 5.41 Å².